The van der Waals surface area contributed by atoms with Gasteiger partial charge in [0.1, 0.15) is 11.9 Å². The third-order valence-electron chi connectivity index (χ3n) is 5.43. The summed E-state index contributed by atoms with van der Waals surface area (Å²) in [6.45, 7) is 1.82. The third-order valence-corrected chi connectivity index (χ3v) is 5.43. The lowest BCUT2D eigenvalue weighted by molar-refractivity contribution is -0.141. The summed E-state index contributed by atoms with van der Waals surface area (Å²) in [5.41, 5.74) is 1.17. The van der Waals surface area contributed by atoms with Gasteiger partial charge in [-0.15, -0.1) is 10.2 Å². The molecule has 1 aliphatic carbocycles. The number of amides is 1. The van der Waals surface area contributed by atoms with Crippen LogP contribution >= 0.6 is 0 Å². The Hall–Kier alpha value is -2.44. The van der Waals surface area contributed by atoms with Gasteiger partial charge in [-0.1, -0.05) is 12.8 Å². The number of hydrogen-bond donors (Lipinski definition) is 1. The SMILES string of the molecule is Cc1nnc2ccc(C(=O)N3C(C(=O)O)CC4CCCCC43)cn12. The Bertz CT molecular complexity index is 815. The van der Waals surface area contributed by atoms with E-state index >= 15 is 0 Å². The molecule has 0 spiro atoms. The monoisotopic (exact) mass is 328 g/mol. The fraction of sp³-hybridized carbons (Fsp3) is 0.529. The fourth-order valence-electron chi connectivity index (χ4n) is 4.25. The van der Waals surface area contributed by atoms with Gasteiger partial charge in [-0.05, 0) is 44.2 Å². The molecule has 2 aromatic heterocycles. The Morgan fingerprint density at radius 2 is 2.00 bits per heavy atom. The molecule has 7 nitrogen and oxygen atoms in total. The molecule has 2 aliphatic rings. The zero-order valence-corrected chi connectivity index (χ0v) is 13.6. The van der Waals surface area contributed by atoms with Gasteiger partial charge in [0.25, 0.3) is 5.91 Å². The van der Waals surface area contributed by atoms with Gasteiger partial charge in [0.15, 0.2) is 5.65 Å². The third kappa shape index (κ3) is 2.26. The standard InChI is InChI=1S/C17H20N4O3/c1-10-18-19-15-7-6-12(9-20(10)15)16(22)21-13-5-3-2-4-11(13)8-14(21)17(23)24/h6-7,9,11,13-14H,2-5,8H2,1H3,(H,23,24). The maximum atomic E-state index is 13.1. The number of carboxylic acid groups (broad SMARTS) is 1. The summed E-state index contributed by atoms with van der Waals surface area (Å²) >= 11 is 0. The van der Waals surface area contributed by atoms with Crippen molar-refractivity contribution in [2.75, 3.05) is 0 Å². The van der Waals surface area contributed by atoms with Crippen LogP contribution in [0.25, 0.3) is 5.65 Å². The average molecular weight is 328 g/mol. The van der Waals surface area contributed by atoms with Crippen molar-refractivity contribution in [2.24, 2.45) is 5.92 Å². The van der Waals surface area contributed by atoms with E-state index in [4.69, 9.17) is 0 Å². The molecule has 0 aromatic carbocycles. The van der Waals surface area contributed by atoms with E-state index in [9.17, 15) is 14.7 Å². The van der Waals surface area contributed by atoms with E-state index in [1.54, 1.807) is 27.6 Å². The van der Waals surface area contributed by atoms with Gasteiger partial charge in [-0.2, -0.15) is 0 Å². The number of nitrogens with zero attached hydrogens (tertiary/aromatic N) is 4. The second-order valence-electron chi connectivity index (χ2n) is 6.81. The molecule has 4 rings (SSSR count). The van der Waals surface area contributed by atoms with Crippen LogP contribution in [0, 0.1) is 12.8 Å². The predicted molar refractivity (Wildman–Crippen MR) is 85.7 cm³/mol. The number of rotatable bonds is 2. The van der Waals surface area contributed by atoms with E-state index in [2.05, 4.69) is 10.2 Å². The minimum atomic E-state index is -0.903. The minimum Gasteiger partial charge on any atom is -0.480 e. The van der Waals surface area contributed by atoms with Gasteiger partial charge in [-0.25, -0.2) is 4.79 Å². The summed E-state index contributed by atoms with van der Waals surface area (Å²) in [5.74, 6) is -0.0957. The summed E-state index contributed by atoms with van der Waals surface area (Å²) in [5, 5.41) is 17.6. The van der Waals surface area contributed by atoms with Crippen LogP contribution in [0.15, 0.2) is 18.3 Å². The molecule has 24 heavy (non-hydrogen) atoms. The molecular weight excluding hydrogens is 308 g/mol. The van der Waals surface area contributed by atoms with Gasteiger partial charge in [0.2, 0.25) is 0 Å². The number of likely N-dealkylation sites (tertiary alicyclic amines) is 1. The first kappa shape index (κ1) is 15.1. The van der Waals surface area contributed by atoms with E-state index in [-0.39, 0.29) is 11.9 Å². The highest BCUT2D eigenvalue weighted by Crippen LogP contribution is 2.40. The first-order chi connectivity index (χ1) is 11.6. The molecule has 3 unspecified atom stereocenters. The van der Waals surface area contributed by atoms with Crippen LogP contribution in [-0.2, 0) is 4.79 Å². The van der Waals surface area contributed by atoms with Gasteiger partial charge in [0, 0.05) is 12.2 Å². The van der Waals surface area contributed by atoms with Crippen molar-refractivity contribution in [1.82, 2.24) is 19.5 Å². The van der Waals surface area contributed by atoms with Crippen LogP contribution in [0.4, 0.5) is 0 Å². The van der Waals surface area contributed by atoms with Crippen molar-refractivity contribution in [3.05, 3.63) is 29.7 Å². The highest BCUT2D eigenvalue weighted by atomic mass is 16.4. The van der Waals surface area contributed by atoms with Crippen molar-refractivity contribution in [2.45, 2.75) is 51.1 Å². The zero-order valence-electron chi connectivity index (χ0n) is 13.6. The molecule has 0 radical (unpaired) electrons. The maximum absolute atomic E-state index is 13.1. The van der Waals surface area contributed by atoms with Crippen molar-refractivity contribution in [3.63, 3.8) is 0 Å². The topological polar surface area (TPSA) is 87.8 Å². The number of aryl methyl sites for hydroxylation is 1. The van der Waals surface area contributed by atoms with Crippen molar-refractivity contribution >= 4 is 17.5 Å². The van der Waals surface area contributed by atoms with Crippen molar-refractivity contribution < 1.29 is 14.7 Å². The Morgan fingerprint density at radius 1 is 1.21 bits per heavy atom. The Kier molecular flexibility index (Phi) is 3.51. The Morgan fingerprint density at radius 3 is 2.79 bits per heavy atom. The number of carbonyl (C=O) groups is 2. The summed E-state index contributed by atoms with van der Waals surface area (Å²) in [4.78, 5) is 26.4. The molecule has 126 valence electrons. The Labute approximate surface area is 139 Å². The number of fused-ring (bicyclic) bond motifs is 2. The van der Waals surface area contributed by atoms with E-state index in [0.717, 1.165) is 25.7 Å². The van der Waals surface area contributed by atoms with Crippen LogP contribution in [0.1, 0.15) is 48.3 Å². The number of aliphatic carboxylic acids is 1. The molecule has 7 heteroatoms. The minimum absolute atomic E-state index is 0.0463. The van der Waals surface area contributed by atoms with Gasteiger partial charge in [0.05, 0.1) is 5.56 Å². The van der Waals surface area contributed by atoms with Crippen LogP contribution in [0.3, 0.4) is 0 Å². The van der Waals surface area contributed by atoms with Crippen molar-refractivity contribution in [3.8, 4) is 0 Å². The van der Waals surface area contributed by atoms with Gasteiger partial charge < -0.3 is 10.0 Å². The molecule has 1 N–H and O–H groups in total. The normalized spacial score (nSPS) is 26.5. The first-order valence-corrected chi connectivity index (χ1v) is 8.43. The molecule has 1 saturated heterocycles. The van der Waals surface area contributed by atoms with Crippen LogP contribution in [0.2, 0.25) is 0 Å². The predicted octanol–water partition coefficient (Wildman–Crippen LogP) is 1.90. The fourth-order valence-corrected chi connectivity index (χ4v) is 4.25. The van der Waals surface area contributed by atoms with Crippen LogP contribution in [-0.4, -0.2) is 48.6 Å². The van der Waals surface area contributed by atoms with Gasteiger partial charge in [-0.3, -0.25) is 9.20 Å². The molecule has 3 heterocycles. The summed E-state index contributed by atoms with van der Waals surface area (Å²) in [7, 11) is 0. The highest BCUT2D eigenvalue weighted by molar-refractivity contribution is 5.97. The number of aromatic nitrogens is 3. The molecular formula is C17H20N4O3. The number of carbonyl (C=O) groups excluding carboxylic acids is 1. The summed E-state index contributed by atoms with van der Waals surface area (Å²) < 4.78 is 1.76. The molecule has 2 aromatic rings. The lowest BCUT2D eigenvalue weighted by Gasteiger charge is -2.33. The maximum Gasteiger partial charge on any atom is 0.326 e. The van der Waals surface area contributed by atoms with Crippen LogP contribution in [0.5, 0.6) is 0 Å². The second-order valence-corrected chi connectivity index (χ2v) is 6.81. The summed E-state index contributed by atoms with van der Waals surface area (Å²) in [6.07, 6.45) is 6.37. The van der Waals surface area contributed by atoms with Crippen LogP contribution < -0.4 is 0 Å². The van der Waals surface area contributed by atoms with Crippen molar-refractivity contribution in [1.29, 1.82) is 0 Å². The quantitative estimate of drug-likeness (QED) is 0.909. The molecule has 3 atom stereocenters. The number of hydrogen-bond acceptors (Lipinski definition) is 4. The van der Waals surface area contributed by atoms with E-state index in [1.807, 2.05) is 6.92 Å². The smallest absolute Gasteiger partial charge is 0.326 e. The zero-order chi connectivity index (χ0) is 16.8. The van der Waals surface area contributed by atoms with E-state index in [0.29, 0.717) is 29.4 Å². The van der Waals surface area contributed by atoms with E-state index in [1.165, 1.54) is 0 Å². The molecule has 1 amide bonds. The number of pyridine rings is 1. The first-order valence-electron chi connectivity index (χ1n) is 8.43. The number of carboxylic acids is 1. The van der Waals surface area contributed by atoms with E-state index < -0.39 is 12.0 Å². The highest BCUT2D eigenvalue weighted by Gasteiger charge is 2.47. The lowest BCUT2D eigenvalue weighted by atomic mass is 9.84. The lowest BCUT2D eigenvalue weighted by Crippen LogP contribution is -2.46. The summed E-state index contributed by atoms with van der Waals surface area (Å²) in [6, 6.07) is 2.78. The molecule has 2 fully saturated rings. The van der Waals surface area contributed by atoms with Gasteiger partial charge >= 0.3 is 5.97 Å². The average Bonchev–Trinajstić information content (AvgIpc) is 3.15. The molecule has 1 aliphatic heterocycles. The second kappa shape index (κ2) is 5.58. The Balaban J connectivity index is 1.71. The largest absolute Gasteiger partial charge is 0.480 e. The molecule has 1 saturated carbocycles. The molecule has 0 bridgehead atoms.